The quantitative estimate of drug-likeness (QED) is 0.602. The largest absolute Gasteiger partial charge is 0.393 e. The van der Waals surface area contributed by atoms with Gasteiger partial charge in [0.15, 0.2) is 0 Å². The van der Waals surface area contributed by atoms with Gasteiger partial charge < -0.3 is 21.3 Å². The Hall–Kier alpha value is -1.86. The van der Waals surface area contributed by atoms with Crippen LogP contribution >= 0.6 is 0 Å². The van der Waals surface area contributed by atoms with E-state index in [1.54, 1.807) is 0 Å². The molecule has 0 spiro atoms. The number of carbonyl (C=O) groups excluding carboxylic acids is 1. The van der Waals surface area contributed by atoms with E-state index in [9.17, 15) is 15.0 Å². The molecule has 3 aliphatic carbocycles. The number of nitrogens with one attached hydrogen (secondary N) is 1. The number of aromatic nitrogens is 2. The van der Waals surface area contributed by atoms with Crippen LogP contribution in [0.2, 0.25) is 0 Å². The van der Waals surface area contributed by atoms with Gasteiger partial charge in [-0.15, -0.1) is 0 Å². The number of primary amides is 1. The number of aliphatic hydroxyl groups is 2. The molecule has 1 heterocycles. The van der Waals surface area contributed by atoms with Crippen molar-refractivity contribution in [2.24, 2.45) is 11.1 Å². The van der Waals surface area contributed by atoms with Crippen molar-refractivity contribution in [2.75, 3.05) is 0 Å². The molecule has 1 fully saturated rings. The summed E-state index contributed by atoms with van der Waals surface area (Å²) in [5.74, 6) is -0.345. The minimum absolute atomic E-state index is 0.0313. The van der Waals surface area contributed by atoms with Gasteiger partial charge in [0, 0.05) is 35.0 Å². The summed E-state index contributed by atoms with van der Waals surface area (Å²) in [6.45, 7) is 6.38. The maximum Gasteiger partial charge on any atom is 0.246 e. The first kappa shape index (κ1) is 21.4. The summed E-state index contributed by atoms with van der Waals surface area (Å²) < 4.78 is 2.12. The van der Waals surface area contributed by atoms with E-state index in [0.717, 1.165) is 67.6 Å². The lowest BCUT2D eigenvalue weighted by molar-refractivity contribution is -0.114. The maximum absolute atomic E-state index is 12.1. The van der Waals surface area contributed by atoms with Crippen molar-refractivity contribution in [3.63, 3.8) is 0 Å². The molecule has 0 saturated heterocycles. The highest BCUT2D eigenvalue weighted by Crippen LogP contribution is 2.44. The van der Waals surface area contributed by atoms with Crippen molar-refractivity contribution in [1.82, 2.24) is 15.1 Å². The van der Waals surface area contributed by atoms with E-state index < -0.39 is 6.10 Å². The van der Waals surface area contributed by atoms with Crippen molar-refractivity contribution in [2.45, 2.75) is 103 Å². The molecule has 0 radical (unpaired) electrons. The van der Waals surface area contributed by atoms with Crippen LogP contribution < -0.4 is 11.1 Å². The Morgan fingerprint density at radius 3 is 2.57 bits per heavy atom. The van der Waals surface area contributed by atoms with Gasteiger partial charge in [-0.05, 0) is 63.7 Å². The summed E-state index contributed by atoms with van der Waals surface area (Å²) in [5.41, 5.74) is 10.4. The molecule has 4 rings (SSSR count). The number of allylic oxidation sites excluding steroid dienone is 1. The van der Waals surface area contributed by atoms with Crippen LogP contribution in [0.15, 0.2) is 11.3 Å². The monoisotopic (exact) mass is 416 g/mol. The van der Waals surface area contributed by atoms with Gasteiger partial charge >= 0.3 is 0 Å². The number of hydrogen-bond acceptors (Lipinski definition) is 5. The summed E-state index contributed by atoms with van der Waals surface area (Å²) >= 11 is 0. The SMILES string of the molecule is Cc1nn(C2CCC(C(N)=O)=C(NC3CCC(O)CC3)C2)c2c1C(O)CC(C)(C)C2. The summed E-state index contributed by atoms with van der Waals surface area (Å²) in [7, 11) is 0. The zero-order valence-electron chi connectivity index (χ0n) is 18.4. The smallest absolute Gasteiger partial charge is 0.246 e. The molecule has 30 heavy (non-hydrogen) atoms. The number of hydrogen-bond donors (Lipinski definition) is 4. The number of nitrogens with zero attached hydrogens (tertiary/aromatic N) is 2. The van der Waals surface area contributed by atoms with E-state index in [2.05, 4.69) is 23.8 Å². The maximum atomic E-state index is 12.1. The van der Waals surface area contributed by atoms with E-state index in [0.29, 0.717) is 18.4 Å². The molecule has 7 heteroatoms. The van der Waals surface area contributed by atoms with Crippen LogP contribution in [0.3, 0.4) is 0 Å². The van der Waals surface area contributed by atoms with Gasteiger partial charge in [0.1, 0.15) is 0 Å². The van der Waals surface area contributed by atoms with Gasteiger partial charge in [0.25, 0.3) is 0 Å². The highest BCUT2D eigenvalue weighted by Gasteiger charge is 2.38. The number of rotatable bonds is 4. The molecule has 0 bridgehead atoms. The van der Waals surface area contributed by atoms with Gasteiger partial charge in [-0.25, -0.2) is 0 Å². The van der Waals surface area contributed by atoms with Crippen LogP contribution in [0.4, 0.5) is 0 Å². The fraction of sp³-hybridized carbons (Fsp3) is 0.739. The summed E-state index contributed by atoms with van der Waals surface area (Å²) in [4.78, 5) is 12.1. The molecular weight excluding hydrogens is 380 g/mol. The Morgan fingerprint density at radius 1 is 1.20 bits per heavy atom. The molecule has 7 nitrogen and oxygen atoms in total. The number of nitrogens with two attached hydrogens (primary N) is 1. The van der Waals surface area contributed by atoms with E-state index in [4.69, 9.17) is 10.8 Å². The van der Waals surface area contributed by atoms with E-state index in [1.807, 2.05) is 6.92 Å². The molecule has 166 valence electrons. The first-order valence-electron chi connectivity index (χ1n) is 11.4. The van der Waals surface area contributed by atoms with Crippen molar-refractivity contribution in [3.8, 4) is 0 Å². The van der Waals surface area contributed by atoms with Crippen molar-refractivity contribution in [1.29, 1.82) is 0 Å². The molecule has 1 aromatic heterocycles. The molecule has 1 saturated carbocycles. The summed E-state index contributed by atoms with van der Waals surface area (Å²) in [5, 5.41) is 29.0. The van der Waals surface area contributed by atoms with Gasteiger partial charge in [0.2, 0.25) is 5.91 Å². The van der Waals surface area contributed by atoms with Crippen LogP contribution in [0.25, 0.3) is 0 Å². The summed E-state index contributed by atoms with van der Waals surface area (Å²) in [6, 6.07) is 0.416. The average molecular weight is 417 g/mol. The van der Waals surface area contributed by atoms with Crippen molar-refractivity contribution >= 4 is 5.91 Å². The second kappa shape index (κ2) is 8.00. The summed E-state index contributed by atoms with van der Waals surface area (Å²) in [6.07, 6.45) is 6.50. The average Bonchev–Trinajstić information content (AvgIpc) is 2.98. The van der Waals surface area contributed by atoms with Gasteiger partial charge in [-0.3, -0.25) is 9.48 Å². The van der Waals surface area contributed by atoms with Crippen LogP contribution in [-0.4, -0.2) is 38.0 Å². The lowest BCUT2D eigenvalue weighted by atomic mass is 9.74. The number of aliphatic hydroxyl groups excluding tert-OH is 2. The van der Waals surface area contributed by atoms with Crippen LogP contribution in [0.5, 0.6) is 0 Å². The van der Waals surface area contributed by atoms with Gasteiger partial charge in [0.05, 0.1) is 23.9 Å². The van der Waals surface area contributed by atoms with Gasteiger partial charge in [-0.2, -0.15) is 5.10 Å². The number of aryl methyl sites for hydroxylation is 1. The molecular formula is C23H36N4O3. The third-order valence-corrected chi connectivity index (χ3v) is 7.21. The molecule has 5 N–H and O–H groups in total. The molecule has 1 aromatic rings. The molecule has 1 amide bonds. The van der Waals surface area contributed by atoms with Crippen LogP contribution in [0.1, 0.15) is 94.3 Å². The lowest BCUT2D eigenvalue weighted by Crippen LogP contribution is -2.38. The highest BCUT2D eigenvalue weighted by molar-refractivity contribution is 5.92. The predicted octanol–water partition coefficient (Wildman–Crippen LogP) is 2.55. The minimum Gasteiger partial charge on any atom is -0.393 e. The van der Waals surface area contributed by atoms with E-state index in [1.165, 1.54) is 0 Å². The lowest BCUT2D eigenvalue weighted by Gasteiger charge is -2.36. The minimum atomic E-state index is -0.468. The number of carbonyl (C=O) groups is 1. The van der Waals surface area contributed by atoms with Crippen LogP contribution in [0, 0.1) is 12.3 Å². The van der Waals surface area contributed by atoms with E-state index >= 15 is 0 Å². The first-order chi connectivity index (χ1) is 14.1. The van der Waals surface area contributed by atoms with E-state index in [-0.39, 0.29) is 29.5 Å². The molecule has 0 aliphatic heterocycles. The molecule has 3 aliphatic rings. The number of fused-ring (bicyclic) bond motifs is 1. The second-order valence-corrected chi connectivity index (χ2v) is 10.3. The Labute approximate surface area is 178 Å². The molecule has 2 unspecified atom stereocenters. The highest BCUT2D eigenvalue weighted by atomic mass is 16.3. The standard InChI is InChI=1S/C23H36N4O3/c1-13-21-19(11-23(2,3)12-20(21)29)27(26-13)15-6-9-17(22(24)30)18(10-15)25-14-4-7-16(28)8-5-14/h14-16,20,25,28-29H,4-12H2,1-3H3,(H2,24,30). The molecule has 0 aromatic carbocycles. The Balaban J connectivity index is 1.60. The zero-order chi connectivity index (χ0) is 21.6. The Bertz CT molecular complexity index is 849. The topological polar surface area (TPSA) is 113 Å². The fourth-order valence-electron chi connectivity index (χ4n) is 5.69. The Kier molecular flexibility index (Phi) is 5.70. The first-order valence-corrected chi connectivity index (χ1v) is 11.4. The third-order valence-electron chi connectivity index (χ3n) is 7.21. The van der Waals surface area contributed by atoms with Crippen molar-refractivity contribution < 1.29 is 15.0 Å². The van der Waals surface area contributed by atoms with Gasteiger partial charge in [-0.1, -0.05) is 13.8 Å². The zero-order valence-corrected chi connectivity index (χ0v) is 18.4. The second-order valence-electron chi connectivity index (χ2n) is 10.3. The Morgan fingerprint density at radius 2 is 1.90 bits per heavy atom. The number of amides is 1. The van der Waals surface area contributed by atoms with Crippen LogP contribution in [-0.2, 0) is 11.2 Å². The van der Waals surface area contributed by atoms with Crippen molar-refractivity contribution in [3.05, 3.63) is 28.2 Å². The normalized spacial score (nSPS) is 31.4. The fourth-order valence-corrected chi connectivity index (χ4v) is 5.69. The third kappa shape index (κ3) is 4.14. The molecule has 2 atom stereocenters. The predicted molar refractivity (Wildman–Crippen MR) is 115 cm³/mol.